The Hall–Kier alpha value is -1.44. The van der Waals surface area contributed by atoms with Gasteiger partial charge in [0.05, 0.1) is 12.2 Å². The van der Waals surface area contributed by atoms with E-state index in [-0.39, 0.29) is 6.61 Å². The normalized spacial score (nSPS) is 35.0. The van der Waals surface area contributed by atoms with Gasteiger partial charge in [-0.2, -0.15) is 0 Å². The van der Waals surface area contributed by atoms with Gasteiger partial charge in [-0.1, -0.05) is 13.8 Å². The Morgan fingerprint density at radius 2 is 1.95 bits per heavy atom. The molecule has 1 fully saturated rings. The molecule has 0 radical (unpaired) electrons. The van der Waals surface area contributed by atoms with E-state index in [0.29, 0.717) is 5.56 Å². The molecule has 0 amide bonds. The lowest BCUT2D eigenvalue weighted by Gasteiger charge is -2.44. The van der Waals surface area contributed by atoms with Gasteiger partial charge < -0.3 is 19.6 Å². The van der Waals surface area contributed by atoms with Crippen LogP contribution in [0.5, 0.6) is 0 Å². The summed E-state index contributed by atoms with van der Waals surface area (Å²) in [5.41, 5.74) is -3.23. The molecular formula is C14H22N2O5. The van der Waals surface area contributed by atoms with Crippen molar-refractivity contribution < 1.29 is 14.6 Å². The van der Waals surface area contributed by atoms with Crippen LogP contribution in [0.3, 0.4) is 0 Å². The molecule has 7 nitrogen and oxygen atoms in total. The van der Waals surface area contributed by atoms with Crippen molar-refractivity contribution in [2.24, 2.45) is 5.41 Å². The maximum Gasteiger partial charge on any atom is 0.325 e. The molecule has 0 unspecified atom stereocenters. The molecule has 1 aromatic heterocycles. The van der Waals surface area contributed by atoms with Crippen molar-refractivity contribution in [2.75, 3.05) is 13.7 Å². The average Bonchev–Trinajstić information content (AvgIpc) is 2.57. The van der Waals surface area contributed by atoms with E-state index in [1.54, 1.807) is 14.0 Å². The SMILES string of the molecule is CO[C@]1(C)[C@@H](CO)O[C@@](C)(c2c[nH]c(=O)[nH]c2=O)C1(C)C. The molecule has 2 rings (SSSR count). The molecule has 1 aliphatic heterocycles. The minimum atomic E-state index is -1.02. The van der Waals surface area contributed by atoms with Crippen LogP contribution in [0, 0.1) is 5.41 Å². The van der Waals surface area contributed by atoms with E-state index < -0.39 is 34.0 Å². The Kier molecular flexibility index (Phi) is 3.64. The molecular weight excluding hydrogens is 276 g/mol. The second-order valence-electron chi connectivity index (χ2n) is 6.24. The lowest BCUT2D eigenvalue weighted by atomic mass is 9.64. The number of aliphatic hydroxyl groups excluding tert-OH is 1. The van der Waals surface area contributed by atoms with Crippen LogP contribution >= 0.6 is 0 Å². The molecule has 2 heterocycles. The highest BCUT2D eigenvalue weighted by Gasteiger charge is 2.66. The first-order chi connectivity index (χ1) is 9.64. The Balaban J connectivity index is 2.67. The summed E-state index contributed by atoms with van der Waals surface area (Å²) in [5.74, 6) is 0. The Bertz CT molecular complexity index is 649. The molecule has 3 N–H and O–H groups in total. The van der Waals surface area contributed by atoms with E-state index in [0.717, 1.165) is 0 Å². The molecule has 1 aromatic rings. The Morgan fingerprint density at radius 3 is 2.38 bits per heavy atom. The number of aromatic amines is 2. The van der Waals surface area contributed by atoms with E-state index in [9.17, 15) is 14.7 Å². The Labute approximate surface area is 122 Å². The van der Waals surface area contributed by atoms with Gasteiger partial charge in [-0.25, -0.2) is 4.79 Å². The summed E-state index contributed by atoms with van der Waals surface area (Å²) in [4.78, 5) is 28.0. The maximum atomic E-state index is 12.2. The molecule has 0 spiro atoms. The molecule has 7 heteroatoms. The smallest absolute Gasteiger partial charge is 0.325 e. The summed E-state index contributed by atoms with van der Waals surface area (Å²) in [7, 11) is 1.55. The predicted octanol–water partition coefficient (Wildman–Crippen LogP) is 0.101. The lowest BCUT2D eigenvalue weighted by molar-refractivity contribution is -0.105. The zero-order valence-corrected chi connectivity index (χ0v) is 12.9. The van der Waals surface area contributed by atoms with E-state index >= 15 is 0 Å². The highest BCUT2D eigenvalue weighted by atomic mass is 16.6. The standard InChI is InChI=1S/C14H22N2O5/c1-12(2)13(3,8-6-15-11(19)16-10(8)18)21-9(7-17)14(12,4)20-5/h6,9,17H,7H2,1-5H3,(H2,15,16,18,19)/t9-,13+,14-/m1/s1. The Morgan fingerprint density at radius 1 is 1.33 bits per heavy atom. The third-order valence-electron chi connectivity index (χ3n) is 5.35. The lowest BCUT2D eigenvalue weighted by Crippen LogP contribution is -2.53. The van der Waals surface area contributed by atoms with E-state index in [1.807, 2.05) is 20.8 Å². The molecule has 1 aliphatic rings. The molecule has 118 valence electrons. The number of ether oxygens (including phenoxy) is 2. The first-order valence-corrected chi connectivity index (χ1v) is 6.80. The molecule has 21 heavy (non-hydrogen) atoms. The maximum absolute atomic E-state index is 12.2. The van der Waals surface area contributed by atoms with Gasteiger partial charge in [0.1, 0.15) is 17.3 Å². The van der Waals surface area contributed by atoms with E-state index in [2.05, 4.69) is 9.97 Å². The van der Waals surface area contributed by atoms with E-state index in [1.165, 1.54) is 6.20 Å². The number of hydrogen-bond donors (Lipinski definition) is 3. The zero-order chi connectivity index (χ0) is 16.1. The molecule has 1 saturated heterocycles. The second kappa shape index (κ2) is 4.79. The fourth-order valence-corrected chi connectivity index (χ4v) is 3.18. The summed E-state index contributed by atoms with van der Waals surface area (Å²) in [6.45, 7) is 7.21. The van der Waals surface area contributed by atoms with Crippen LogP contribution in [0.1, 0.15) is 33.3 Å². The van der Waals surface area contributed by atoms with Crippen molar-refractivity contribution in [1.82, 2.24) is 9.97 Å². The van der Waals surface area contributed by atoms with Gasteiger partial charge in [-0.05, 0) is 13.8 Å². The first kappa shape index (κ1) is 15.9. The summed E-state index contributed by atoms with van der Waals surface area (Å²) in [5, 5.41) is 9.61. The molecule has 0 aliphatic carbocycles. The minimum absolute atomic E-state index is 0.232. The van der Waals surface area contributed by atoms with Gasteiger partial charge in [0.25, 0.3) is 5.56 Å². The third kappa shape index (κ3) is 1.91. The molecule has 3 atom stereocenters. The van der Waals surface area contributed by atoms with Crippen LogP contribution in [0.15, 0.2) is 15.8 Å². The third-order valence-corrected chi connectivity index (χ3v) is 5.35. The summed E-state index contributed by atoms with van der Waals surface area (Å²) in [6.07, 6.45) is 0.771. The summed E-state index contributed by atoms with van der Waals surface area (Å²) in [6, 6.07) is 0. The number of nitrogens with one attached hydrogen (secondary N) is 2. The van der Waals surface area contributed by atoms with Crippen LogP contribution in [0.2, 0.25) is 0 Å². The van der Waals surface area contributed by atoms with Gasteiger partial charge in [0.2, 0.25) is 0 Å². The first-order valence-electron chi connectivity index (χ1n) is 6.80. The fourth-order valence-electron chi connectivity index (χ4n) is 3.18. The largest absolute Gasteiger partial charge is 0.394 e. The number of aliphatic hydroxyl groups is 1. The van der Waals surface area contributed by atoms with Crippen LogP contribution in [-0.2, 0) is 15.1 Å². The summed E-state index contributed by atoms with van der Waals surface area (Å²) >= 11 is 0. The van der Waals surface area contributed by atoms with Crippen LogP contribution in [0.25, 0.3) is 0 Å². The molecule has 0 aromatic carbocycles. The monoisotopic (exact) mass is 298 g/mol. The van der Waals surface area contributed by atoms with Crippen molar-refractivity contribution in [3.63, 3.8) is 0 Å². The van der Waals surface area contributed by atoms with Crippen molar-refractivity contribution >= 4 is 0 Å². The summed E-state index contributed by atoms with van der Waals surface area (Å²) < 4.78 is 11.6. The van der Waals surface area contributed by atoms with Crippen LogP contribution in [0.4, 0.5) is 0 Å². The number of hydrogen-bond acceptors (Lipinski definition) is 5. The highest BCUT2D eigenvalue weighted by Crippen LogP contribution is 2.58. The number of methoxy groups -OCH3 is 1. The topological polar surface area (TPSA) is 104 Å². The van der Waals surface area contributed by atoms with Gasteiger partial charge in [0.15, 0.2) is 0 Å². The van der Waals surface area contributed by atoms with Gasteiger partial charge in [-0.15, -0.1) is 0 Å². The number of rotatable bonds is 3. The minimum Gasteiger partial charge on any atom is -0.394 e. The van der Waals surface area contributed by atoms with Crippen molar-refractivity contribution in [3.8, 4) is 0 Å². The van der Waals surface area contributed by atoms with Crippen LogP contribution < -0.4 is 11.2 Å². The van der Waals surface area contributed by atoms with Crippen LogP contribution in [-0.4, -0.2) is 40.5 Å². The zero-order valence-electron chi connectivity index (χ0n) is 12.9. The highest BCUT2D eigenvalue weighted by molar-refractivity contribution is 5.25. The predicted molar refractivity (Wildman–Crippen MR) is 76.2 cm³/mol. The van der Waals surface area contributed by atoms with E-state index in [4.69, 9.17) is 9.47 Å². The van der Waals surface area contributed by atoms with Crippen molar-refractivity contribution in [2.45, 2.75) is 45.0 Å². The van der Waals surface area contributed by atoms with Crippen molar-refractivity contribution in [1.29, 1.82) is 0 Å². The molecule has 0 saturated carbocycles. The van der Waals surface area contributed by atoms with Gasteiger partial charge in [-0.3, -0.25) is 9.78 Å². The number of aromatic nitrogens is 2. The van der Waals surface area contributed by atoms with Gasteiger partial charge in [0, 0.05) is 18.7 Å². The van der Waals surface area contributed by atoms with Crippen molar-refractivity contribution in [3.05, 3.63) is 32.6 Å². The quantitative estimate of drug-likeness (QED) is 0.734. The fraction of sp³-hybridized carbons (Fsp3) is 0.714. The molecule has 0 bridgehead atoms. The second-order valence-corrected chi connectivity index (χ2v) is 6.24. The van der Waals surface area contributed by atoms with Gasteiger partial charge >= 0.3 is 5.69 Å². The average molecular weight is 298 g/mol. The number of H-pyrrole nitrogens is 2.